The van der Waals surface area contributed by atoms with Crippen molar-refractivity contribution in [2.45, 2.75) is 32.4 Å². The maximum absolute atomic E-state index is 13.0. The molecule has 0 saturated carbocycles. The van der Waals surface area contributed by atoms with E-state index in [1.165, 1.54) is 4.31 Å². The molecular formula is C21H24Cl2N2O3S. The van der Waals surface area contributed by atoms with Crippen molar-refractivity contribution >= 4 is 44.8 Å². The van der Waals surface area contributed by atoms with Crippen LogP contribution in [0.25, 0.3) is 0 Å². The zero-order valence-electron chi connectivity index (χ0n) is 16.4. The first-order valence-electron chi connectivity index (χ1n) is 9.45. The van der Waals surface area contributed by atoms with Gasteiger partial charge in [-0.1, -0.05) is 35.3 Å². The second-order valence-electron chi connectivity index (χ2n) is 7.52. The molecule has 2 aromatic carbocycles. The van der Waals surface area contributed by atoms with Gasteiger partial charge in [0, 0.05) is 34.4 Å². The molecule has 1 fully saturated rings. The number of amides is 1. The molecule has 0 aliphatic carbocycles. The van der Waals surface area contributed by atoms with Gasteiger partial charge in [-0.3, -0.25) is 4.79 Å². The molecule has 1 atom stereocenters. The van der Waals surface area contributed by atoms with Crippen molar-refractivity contribution in [2.75, 3.05) is 18.4 Å². The molecule has 1 aliphatic rings. The maximum Gasteiger partial charge on any atom is 0.228 e. The lowest BCUT2D eigenvalue weighted by molar-refractivity contribution is -0.120. The van der Waals surface area contributed by atoms with Gasteiger partial charge in [-0.25, -0.2) is 12.7 Å². The first kappa shape index (κ1) is 22.1. The van der Waals surface area contributed by atoms with E-state index in [4.69, 9.17) is 23.2 Å². The first-order valence-corrected chi connectivity index (χ1v) is 11.8. The number of halogens is 2. The number of rotatable bonds is 5. The molecule has 1 saturated heterocycles. The van der Waals surface area contributed by atoms with Crippen molar-refractivity contribution in [2.24, 2.45) is 5.92 Å². The van der Waals surface area contributed by atoms with Crippen LogP contribution in [0.4, 0.5) is 5.69 Å². The number of hydrogen-bond donors (Lipinski definition) is 1. The van der Waals surface area contributed by atoms with Gasteiger partial charge in [0.15, 0.2) is 0 Å². The number of carbonyl (C=O) groups is 1. The summed E-state index contributed by atoms with van der Waals surface area (Å²) in [5.41, 5.74) is 3.24. The van der Waals surface area contributed by atoms with Gasteiger partial charge in [-0.05, 0) is 62.1 Å². The Bertz CT molecular complexity index is 984. The third kappa shape index (κ3) is 5.51. The van der Waals surface area contributed by atoms with Crippen LogP contribution in [-0.2, 0) is 20.6 Å². The fraction of sp³-hybridized carbons (Fsp3) is 0.381. The van der Waals surface area contributed by atoms with Crippen LogP contribution in [0.5, 0.6) is 0 Å². The molecule has 1 amide bonds. The molecule has 29 heavy (non-hydrogen) atoms. The van der Waals surface area contributed by atoms with Gasteiger partial charge in [-0.2, -0.15) is 0 Å². The van der Waals surface area contributed by atoms with E-state index in [-0.39, 0.29) is 18.2 Å². The summed E-state index contributed by atoms with van der Waals surface area (Å²) in [5, 5.41) is 3.57. The minimum absolute atomic E-state index is 0.154. The molecule has 1 N–H and O–H groups in total. The van der Waals surface area contributed by atoms with E-state index in [1.54, 1.807) is 18.2 Å². The smallest absolute Gasteiger partial charge is 0.228 e. The fourth-order valence-corrected chi connectivity index (χ4v) is 6.01. The Morgan fingerprint density at radius 3 is 2.38 bits per heavy atom. The summed E-state index contributed by atoms with van der Waals surface area (Å²) in [4.78, 5) is 12.8. The molecule has 5 nitrogen and oxygen atoms in total. The number of sulfonamides is 1. The fourth-order valence-electron chi connectivity index (χ4n) is 3.64. The van der Waals surface area contributed by atoms with E-state index in [0.717, 1.165) is 16.8 Å². The van der Waals surface area contributed by atoms with Gasteiger partial charge in [0.25, 0.3) is 0 Å². The van der Waals surface area contributed by atoms with E-state index in [1.807, 2.05) is 32.0 Å². The van der Waals surface area contributed by atoms with E-state index in [2.05, 4.69) is 5.32 Å². The summed E-state index contributed by atoms with van der Waals surface area (Å²) in [6.45, 7) is 4.48. The highest BCUT2D eigenvalue weighted by Gasteiger charge is 2.33. The van der Waals surface area contributed by atoms with Crippen LogP contribution in [0, 0.1) is 19.8 Å². The molecule has 0 aromatic heterocycles. The molecule has 0 radical (unpaired) electrons. The van der Waals surface area contributed by atoms with Gasteiger partial charge in [0.1, 0.15) is 0 Å². The molecule has 0 bridgehead atoms. The molecular weight excluding hydrogens is 431 g/mol. The van der Waals surface area contributed by atoms with Crippen molar-refractivity contribution < 1.29 is 13.2 Å². The zero-order valence-corrected chi connectivity index (χ0v) is 18.7. The second kappa shape index (κ2) is 9.04. The number of piperidine rings is 1. The number of anilines is 1. The van der Waals surface area contributed by atoms with Crippen LogP contribution in [0.1, 0.15) is 29.5 Å². The lowest BCUT2D eigenvalue weighted by atomic mass is 9.98. The van der Waals surface area contributed by atoms with Crippen LogP contribution >= 0.6 is 23.2 Å². The number of carbonyl (C=O) groups excluding carboxylic acids is 1. The highest BCUT2D eigenvalue weighted by atomic mass is 35.5. The minimum atomic E-state index is -3.65. The number of nitrogens with one attached hydrogen (secondary N) is 1. The van der Waals surface area contributed by atoms with Crippen LogP contribution in [0.15, 0.2) is 36.4 Å². The molecule has 0 unspecified atom stereocenters. The van der Waals surface area contributed by atoms with Gasteiger partial charge < -0.3 is 5.32 Å². The van der Waals surface area contributed by atoms with E-state index < -0.39 is 15.9 Å². The molecule has 3 rings (SSSR count). The summed E-state index contributed by atoms with van der Waals surface area (Å²) >= 11 is 12.3. The van der Waals surface area contributed by atoms with E-state index in [9.17, 15) is 13.2 Å². The molecule has 8 heteroatoms. The number of aryl methyl sites for hydroxylation is 2. The Balaban J connectivity index is 1.71. The van der Waals surface area contributed by atoms with Crippen LogP contribution in [-0.4, -0.2) is 31.7 Å². The highest BCUT2D eigenvalue weighted by Crippen LogP contribution is 2.29. The predicted octanol–water partition coefficient (Wildman–Crippen LogP) is 4.79. The highest BCUT2D eigenvalue weighted by molar-refractivity contribution is 7.88. The number of benzene rings is 2. The Hall–Kier alpha value is -1.60. The van der Waals surface area contributed by atoms with Gasteiger partial charge in [0.05, 0.1) is 11.7 Å². The van der Waals surface area contributed by atoms with Gasteiger partial charge >= 0.3 is 0 Å². The molecule has 2 aromatic rings. The second-order valence-corrected chi connectivity index (χ2v) is 10.3. The standard InChI is InChI=1S/C21H24Cl2N2O3S/c1-14-9-15(2)11-17(10-14)24-21(26)16-5-4-8-25(12-16)29(27,28)13-18-19(22)6-3-7-20(18)23/h3,6-7,9-11,16H,4-5,8,12-13H2,1-2H3,(H,24,26)/t16-/m1/s1. The molecule has 156 valence electrons. The van der Waals surface area contributed by atoms with Crippen LogP contribution in [0.3, 0.4) is 0 Å². The van der Waals surface area contributed by atoms with Gasteiger partial charge in [0.2, 0.25) is 15.9 Å². The Morgan fingerprint density at radius 2 is 1.76 bits per heavy atom. The van der Waals surface area contributed by atoms with Crippen LogP contribution in [0.2, 0.25) is 10.0 Å². The lowest BCUT2D eigenvalue weighted by Gasteiger charge is -2.31. The molecule has 1 aliphatic heterocycles. The normalized spacial score (nSPS) is 17.9. The quantitative estimate of drug-likeness (QED) is 0.705. The van der Waals surface area contributed by atoms with Crippen molar-refractivity contribution in [3.8, 4) is 0 Å². The molecule has 0 spiro atoms. The third-order valence-electron chi connectivity index (χ3n) is 5.03. The van der Waals surface area contributed by atoms with Crippen molar-refractivity contribution in [1.82, 2.24) is 4.31 Å². The van der Waals surface area contributed by atoms with Crippen molar-refractivity contribution in [1.29, 1.82) is 0 Å². The first-order chi connectivity index (χ1) is 13.7. The van der Waals surface area contributed by atoms with E-state index in [0.29, 0.717) is 35.0 Å². The molecule has 1 heterocycles. The number of nitrogens with zero attached hydrogens (tertiary/aromatic N) is 1. The average molecular weight is 455 g/mol. The minimum Gasteiger partial charge on any atom is -0.326 e. The van der Waals surface area contributed by atoms with Gasteiger partial charge in [-0.15, -0.1) is 0 Å². The lowest BCUT2D eigenvalue weighted by Crippen LogP contribution is -2.44. The summed E-state index contributed by atoms with van der Waals surface area (Å²) in [6, 6.07) is 10.8. The van der Waals surface area contributed by atoms with Crippen molar-refractivity contribution in [3.63, 3.8) is 0 Å². The predicted molar refractivity (Wildman–Crippen MR) is 118 cm³/mol. The zero-order chi connectivity index (χ0) is 21.2. The Labute approximate surface area is 182 Å². The topological polar surface area (TPSA) is 66.5 Å². The summed E-state index contributed by atoms with van der Waals surface area (Å²) < 4.78 is 27.3. The third-order valence-corrected chi connectivity index (χ3v) is 7.51. The Morgan fingerprint density at radius 1 is 1.14 bits per heavy atom. The maximum atomic E-state index is 13.0. The average Bonchev–Trinajstić information content (AvgIpc) is 2.64. The largest absolute Gasteiger partial charge is 0.326 e. The van der Waals surface area contributed by atoms with Crippen molar-refractivity contribution in [3.05, 3.63) is 63.1 Å². The number of hydrogen-bond acceptors (Lipinski definition) is 3. The van der Waals surface area contributed by atoms with Crippen LogP contribution < -0.4 is 5.32 Å². The summed E-state index contributed by atoms with van der Waals surface area (Å²) in [6.07, 6.45) is 1.27. The monoisotopic (exact) mass is 454 g/mol. The Kier molecular flexibility index (Phi) is 6.89. The van der Waals surface area contributed by atoms with E-state index >= 15 is 0 Å². The summed E-state index contributed by atoms with van der Waals surface area (Å²) in [5.74, 6) is -0.844. The summed E-state index contributed by atoms with van der Waals surface area (Å²) in [7, 11) is -3.65. The SMILES string of the molecule is Cc1cc(C)cc(NC(=O)[C@@H]2CCCN(S(=O)(=O)Cc3c(Cl)cccc3Cl)C2)c1.